The Hall–Kier alpha value is -1.53. The van der Waals surface area contributed by atoms with Gasteiger partial charge in [0.25, 0.3) is 0 Å². The molecule has 0 aliphatic rings. The van der Waals surface area contributed by atoms with Crippen molar-refractivity contribution in [1.82, 2.24) is 10.3 Å². The number of aromatic nitrogens is 1. The van der Waals surface area contributed by atoms with Gasteiger partial charge in [-0.2, -0.15) is 13.2 Å². The molecule has 14 heavy (non-hydrogen) atoms. The summed E-state index contributed by atoms with van der Waals surface area (Å²) in [6.07, 6.45) is -2.15. The molecule has 0 bridgehead atoms. The van der Waals surface area contributed by atoms with Crippen LogP contribution in [0.5, 0.6) is 0 Å². The van der Waals surface area contributed by atoms with Crippen LogP contribution in [0.1, 0.15) is 5.69 Å². The van der Waals surface area contributed by atoms with Crippen molar-refractivity contribution in [3.8, 4) is 0 Å². The number of alkyl halides is 3. The van der Waals surface area contributed by atoms with Gasteiger partial charge in [-0.05, 0) is 0 Å². The number of amides is 1. The fourth-order valence-corrected chi connectivity index (χ4v) is 0.765. The molecule has 0 fully saturated rings. The summed E-state index contributed by atoms with van der Waals surface area (Å²) in [5, 5.41) is 1.72. The molecule has 0 spiro atoms. The summed E-state index contributed by atoms with van der Waals surface area (Å²) in [5.41, 5.74) is 0.493. The molecule has 78 valence electrons. The molecule has 0 saturated heterocycles. The van der Waals surface area contributed by atoms with Crippen LogP contribution in [-0.4, -0.2) is 23.6 Å². The molecule has 0 aliphatic carbocycles. The quantitative estimate of drug-likeness (QED) is 0.802. The number of nitrogens with zero attached hydrogens (tertiary/aromatic N) is 1. The van der Waals surface area contributed by atoms with Crippen molar-refractivity contribution in [3.05, 3.63) is 18.4 Å². The average Bonchev–Trinajstić information content (AvgIpc) is 2.55. The average molecular weight is 208 g/mol. The molecule has 0 radical (unpaired) electrons. The Kier molecular flexibility index (Phi) is 3.10. The highest BCUT2D eigenvalue weighted by Gasteiger charge is 2.38. The topological polar surface area (TPSA) is 55.1 Å². The molecular formula is C7H7F3N2O2. The molecule has 0 unspecified atom stereocenters. The Morgan fingerprint density at radius 1 is 1.57 bits per heavy atom. The van der Waals surface area contributed by atoms with E-state index in [2.05, 4.69) is 9.40 Å². The maximum absolute atomic E-state index is 11.7. The van der Waals surface area contributed by atoms with Crippen LogP contribution in [0.2, 0.25) is 0 Å². The van der Waals surface area contributed by atoms with Crippen molar-refractivity contribution in [2.75, 3.05) is 6.54 Å². The second kappa shape index (κ2) is 4.12. The van der Waals surface area contributed by atoms with Crippen LogP contribution in [-0.2, 0) is 11.2 Å². The molecule has 1 amide bonds. The Morgan fingerprint density at radius 2 is 2.29 bits per heavy atom. The second-order valence-corrected chi connectivity index (χ2v) is 2.48. The normalized spacial score (nSPS) is 11.4. The molecule has 1 aromatic heterocycles. The summed E-state index contributed by atoms with van der Waals surface area (Å²) in [7, 11) is 0. The van der Waals surface area contributed by atoms with Gasteiger partial charge in [-0.15, -0.1) is 0 Å². The number of carbonyl (C=O) groups is 1. The lowest BCUT2D eigenvalue weighted by Gasteiger charge is -2.06. The van der Waals surface area contributed by atoms with Crippen molar-refractivity contribution >= 4 is 5.91 Å². The zero-order chi connectivity index (χ0) is 10.6. The lowest BCUT2D eigenvalue weighted by atomic mass is 10.3. The number of carbonyl (C=O) groups excluding carboxylic acids is 1. The summed E-state index contributed by atoms with van der Waals surface area (Å²) in [4.78, 5) is 14.0. The van der Waals surface area contributed by atoms with Crippen LogP contribution in [0.4, 0.5) is 13.2 Å². The van der Waals surface area contributed by atoms with Gasteiger partial charge in [-0.1, -0.05) is 0 Å². The van der Waals surface area contributed by atoms with E-state index >= 15 is 0 Å². The summed E-state index contributed by atoms with van der Waals surface area (Å²) >= 11 is 0. The summed E-state index contributed by atoms with van der Waals surface area (Å²) in [6, 6.07) is 0. The summed E-state index contributed by atoms with van der Waals surface area (Å²) in [6.45, 7) is -0.120. The fraction of sp³-hybridized carbons (Fsp3) is 0.429. The highest BCUT2D eigenvalue weighted by Crippen LogP contribution is 2.13. The van der Waals surface area contributed by atoms with E-state index in [-0.39, 0.29) is 13.0 Å². The molecule has 4 nitrogen and oxygen atoms in total. The van der Waals surface area contributed by atoms with Crippen molar-refractivity contribution in [3.63, 3.8) is 0 Å². The smallest absolute Gasteiger partial charge is 0.451 e. The highest BCUT2D eigenvalue weighted by atomic mass is 19.4. The van der Waals surface area contributed by atoms with Crippen LogP contribution < -0.4 is 5.32 Å². The minimum Gasteiger partial charge on any atom is -0.451 e. The molecule has 1 rings (SSSR count). The third-order valence-corrected chi connectivity index (χ3v) is 1.41. The molecule has 0 atom stereocenters. The van der Waals surface area contributed by atoms with Gasteiger partial charge in [-0.25, -0.2) is 4.98 Å². The van der Waals surface area contributed by atoms with E-state index in [0.717, 1.165) is 0 Å². The van der Waals surface area contributed by atoms with E-state index in [1.165, 1.54) is 12.7 Å². The molecule has 0 aromatic carbocycles. The SMILES string of the molecule is O=C(NCCc1cocn1)C(F)(F)F. The number of hydrogen-bond donors (Lipinski definition) is 1. The second-order valence-electron chi connectivity index (χ2n) is 2.48. The van der Waals surface area contributed by atoms with Crippen molar-refractivity contribution in [2.24, 2.45) is 0 Å². The molecule has 0 aliphatic heterocycles. The molecule has 0 saturated carbocycles. The van der Waals surface area contributed by atoms with Crippen molar-refractivity contribution < 1.29 is 22.4 Å². The van der Waals surface area contributed by atoms with E-state index in [4.69, 9.17) is 0 Å². The van der Waals surface area contributed by atoms with Crippen LogP contribution in [0.15, 0.2) is 17.1 Å². The maximum Gasteiger partial charge on any atom is 0.471 e. The first-order valence-electron chi connectivity index (χ1n) is 3.72. The van der Waals surface area contributed by atoms with Crippen LogP contribution in [0.3, 0.4) is 0 Å². The Labute approximate surface area is 77.1 Å². The van der Waals surface area contributed by atoms with Gasteiger partial charge in [-0.3, -0.25) is 4.79 Å². The summed E-state index contributed by atoms with van der Waals surface area (Å²) in [5.74, 6) is -1.94. The van der Waals surface area contributed by atoms with Gasteiger partial charge in [0.05, 0.1) is 5.69 Å². The minimum atomic E-state index is -4.83. The number of hydrogen-bond acceptors (Lipinski definition) is 3. The van der Waals surface area contributed by atoms with Gasteiger partial charge in [0.1, 0.15) is 6.26 Å². The van der Waals surface area contributed by atoms with Crippen LogP contribution in [0, 0.1) is 0 Å². The van der Waals surface area contributed by atoms with E-state index in [9.17, 15) is 18.0 Å². The Bertz CT molecular complexity index is 294. The third kappa shape index (κ3) is 3.08. The Morgan fingerprint density at radius 3 is 2.79 bits per heavy atom. The predicted molar refractivity (Wildman–Crippen MR) is 39.3 cm³/mol. The first-order chi connectivity index (χ1) is 6.50. The van der Waals surface area contributed by atoms with Gasteiger partial charge in [0.2, 0.25) is 0 Å². The van der Waals surface area contributed by atoms with Crippen LogP contribution in [0.25, 0.3) is 0 Å². The molecular weight excluding hydrogens is 201 g/mol. The van der Waals surface area contributed by atoms with E-state index in [1.54, 1.807) is 5.32 Å². The van der Waals surface area contributed by atoms with Crippen molar-refractivity contribution in [1.29, 1.82) is 0 Å². The van der Waals surface area contributed by atoms with Crippen LogP contribution >= 0.6 is 0 Å². The maximum atomic E-state index is 11.7. The third-order valence-electron chi connectivity index (χ3n) is 1.41. The first-order valence-corrected chi connectivity index (χ1v) is 3.72. The van der Waals surface area contributed by atoms with E-state index in [0.29, 0.717) is 5.69 Å². The van der Waals surface area contributed by atoms with Gasteiger partial charge >= 0.3 is 12.1 Å². The zero-order valence-electron chi connectivity index (χ0n) is 6.97. The molecule has 1 aromatic rings. The predicted octanol–water partition coefficient (Wildman–Crippen LogP) is 0.896. The molecule has 1 heterocycles. The van der Waals surface area contributed by atoms with E-state index in [1.807, 2.05) is 0 Å². The van der Waals surface area contributed by atoms with Gasteiger partial charge < -0.3 is 9.73 Å². The lowest BCUT2D eigenvalue weighted by molar-refractivity contribution is -0.173. The zero-order valence-corrected chi connectivity index (χ0v) is 6.97. The monoisotopic (exact) mass is 208 g/mol. The lowest BCUT2D eigenvalue weighted by Crippen LogP contribution is -2.37. The summed E-state index contributed by atoms with van der Waals surface area (Å²) < 4.78 is 39.6. The number of halogens is 3. The van der Waals surface area contributed by atoms with Gasteiger partial charge in [0, 0.05) is 13.0 Å². The van der Waals surface area contributed by atoms with Gasteiger partial charge in [0.15, 0.2) is 6.39 Å². The number of oxazole rings is 1. The molecule has 7 heteroatoms. The van der Waals surface area contributed by atoms with Crippen molar-refractivity contribution in [2.45, 2.75) is 12.6 Å². The highest BCUT2D eigenvalue weighted by molar-refractivity contribution is 5.81. The largest absolute Gasteiger partial charge is 0.471 e. The minimum absolute atomic E-state index is 0.120. The number of rotatable bonds is 3. The molecule has 1 N–H and O–H groups in total. The number of nitrogens with one attached hydrogen (secondary N) is 1. The van der Waals surface area contributed by atoms with E-state index < -0.39 is 12.1 Å². The first kappa shape index (κ1) is 10.6. The fourth-order valence-electron chi connectivity index (χ4n) is 0.765. The standard InChI is InChI=1S/C7H7F3N2O2/c8-7(9,10)6(13)11-2-1-5-3-14-4-12-5/h3-4H,1-2H2,(H,11,13). The Balaban J connectivity index is 2.26.